The minimum Gasteiger partial charge on any atom is -0.389 e. The Labute approximate surface area is 119 Å². The molecule has 0 saturated carbocycles. The van der Waals surface area contributed by atoms with Crippen molar-refractivity contribution in [1.29, 1.82) is 5.26 Å². The van der Waals surface area contributed by atoms with E-state index in [9.17, 15) is 5.11 Å². The van der Waals surface area contributed by atoms with Crippen LogP contribution in [0.5, 0.6) is 0 Å². The van der Waals surface area contributed by atoms with Gasteiger partial charge < -0.3 is 10.0 Å². The van der Waals surface area contributed by atoms with E-state index < -0.39 is 6.10 Å². The molecule has 3 heteroatoms. The van der Waals surface area contributed by atoms with Gasteiger partial charge in [-0.2, -0.15) is 5.26 Å². The molecule has 0 radical (unpaired) electrons. The Morgan fingerprint density at radius 2 is 1.95 bits per heavy atom. The molecule has 0 amide bonds. The van der Waals surface area contributed by atoms with Gasteiger partial charge in [-0.15, -0.1) is 0 Å². The van der Waals surface area contributed by atoms with E-state index in [0.29, 0.717) is 12.1 Å². The molecule has 0 heterocycles. The van der Waals surface area contributed by atoms with E-state index in [1.807, 2.05) is 49.5 Å². The Morgan fingerprint density at radius 3 is 2.65 bits per heavy atom. The number of hydrogen-bond acceptors (Lipinski definition) is 3. The number of nitriles is 1. The maximum atomic E-state index is 9.83. The zero-order valence-electron chi connectivity index (χ0n) is 11.7. The molecule has 0 bridgehead atoms. The second-order valence-corrected chi connectivity index (χ2v) is 4.90. The second kappa shape index (κ2) is 6.23. The average Bonchev–Trinajstić information content (AvgIpc) is 2.47. The number of anilines is 1. The van der Waals surface area contributed by atoms with Gasteiger partial charge in [0, 0.05) is 24.8 Å². The summed E-state index contributed by atoms with van der Waals surface area (Å²) in [6, 6.07) is 17.6. The lowest BCUT2D eigenvalue weighted by Crippen LogP contribution is -2.18. The Bertz CT molecular complexity index is 629. The number of rotatable bonds is 4. The van der Waals surface area contributed by atoms with Crippen LogP contribution in [0.2, 0.25) is 0 Å². The minimum atomic E-state index is -0.501. The Morgan fingerprint density at radius 1 is 1.20 bits per heavy atom. The number of para-hydroxylation sites is 1. The molecule has 2 rings (SSSR count). The topological polar surface area (TPSA) is 47.3 Å². The molecule has 2 aromatic rings. The van der Waals surface area contributed by atoms with Gasteiger partial charge in [-0.25, -0.2) is 0 Å². The summed E-state index contributed by atoms with van der Waals surface area (Å²) in [6.45, 7) is 2.46. The van der Waals surface area contributed by atoms with Crippen molar-refractivity contribution in [1.82, 2.24) is 0 Å². The summed E-state index contributed by atoms with van der Waals surface area (Å²) in [5.41, 5.74) is 3.66. The minimum absolute atomic E-state index is 0.501. The molecule has 3 nitrogen and oxygen atoms in total. The third-order valence-corrected chi connectivity index (χ3v) is 3.27. The fourth-order valence-corrected chi connectivity index (χ4v) is 2.29. The first-order valence-electron chi connectivity index (χ1n) is 6.59. The van der Waals surface area contributed by atoms with E-state index in [1.54, 1.807) is 13.0 Å². The molecule has 0 saturated heterocycles. The smallest absolute Gasteiger partial charge is 0.0991 e. The SMILES string of the molecule is C[C@H](O)c1ccccc1N(C)Cc1cccc(C#N)c1. The molecular formula is C17H18N2O. The molecule has 102 valence electrons. The van der Waals surface area contributed by atoms with Gasteiger partial charge in [0.2, 0.25) is 0 Å². The Balaban J connectivity index is 2.24. The third kappa shape index (κ3) is 3.17. The van der Waals surface area contributed by atoms with E-state index in [1.165, 1.54) is 0 Å². The highest BCUT2D eigenvalue weighted by Crippen LogP contribution is 2.26. The third-order valence-electron chi connectivity index (χ3n) is 3.27. The first-order valence-corrected chi connectivity index (χ1v) is 6.59. The molecule has 1 N–H and O–H groups in total. The fourth-order valence-electron chi connectivity index (χ4n) is 2.29. The first kappa shape index (κ1) is 14.1. The van der Waals surface area contributed by atoms with E-state index >= 15 is 0 Å². The van der Waals surface area contributed by atoms with Gasteiger partial charge in [-0.3, -0.25) is 0 Å². The van der Waals surface area contributed by atoms with Gasteiger partial charge in [-0.1, -0.05) is 30.3 Å². The van der Waals surface area contributed by atoms with Crippen molar-refractivity contribution in [2.75, 3.05) is 11.9 Å². The van der Waals surface area contributed by atoms with Gasteiger partial charge in [0.05, 0.1) is 17.7 Å². The predicted octanol–water partition coefficient (Wildman–Crippen LogP) is 3.25. The summed E-state index contributed by atoms with van der Waals surface area (Å²) in [5.74, 6) is 0. The molecule has 0 fully saturated rings. The zero-order chi connectivity index (χ0) is 14.5. The molecule has 0 aliphatic heterocycles. The van der Waals surface area contributed by atoms with Crippen LogP contribution in [0.4, 0.5) is 5.69 Å². The summed E-state index contributed by atoms with van der Waals surface area (Å²) in [4.78, 5) is 2.08. The van der Waals surface area contributed by atoms with Gasteiger partial charge in [-0.05, 0) is 30.7 Å². The summed E-state index contributed by atoms with van der Waals surface area (Å²) >= 11 is 0. The van der Waals surface area contributed by atoms with E-state index in [4.69, 9.17) is 5.26 Å². The summed E-state index contributed by atoms with van der Waals surface area (Å²) in [6.07, 6.45) is -0.501. The van der Waals surface area contributed by atoms with Gasteiger partial charge in [0.25, 0.3) is 0 Å². The highest BCUT2D eigenvalue weighted by molar-refractivity contribution is 5.54. The first-order chi connectivity index (χ1) is 9.61. The molecule has 1 atom stereocenters. The van der Waals surface area contributed by atoms with Gasteiger partial charge >= 0.3 is 0 Å². The van der Waals surface area contributed by atoms with Crippen molar-refractivity contribution in [2.24, 2.45) is 0 Å². The quantitative estimate of drug-likeness (QED) is 0.924. The number of hydrogen-bond donors (Lipinski definition) is 1. The molecule has 0 spiro atoms. The van der Waals surface area contributed by atoms with Crippen LogP contribution in [0.3, 0.4) is 0 Å². The summed E-state index contributed by atoms with van der Waals surface area (Å²) in [5, 5.41) is 18.8. The largest absolute Gasteiger partial charge is 0.389 e. The van der Waals surface area contributed by atoms with Crippen LogP contribution in [0.25, 0.3) is 0 Å². The van der Waals surface area contributed by atoms with Crippen molar-refractivity contribution in [3.8, 4) is 6.07 Å². The maximum absolute atomic E-state index is 9.83. The highest BCUT2D eigenvalue weighted by atomic mass is 16.3. The average molecular weight is 266 g/mol. The summed E-state index contributed by atoms with van der Waals surface area (Å²) in [7, 11) is 1.99. The molecule has 0 aromatic heterocycles. The lowest BCUT2D eigenvalue weighted by molar-refractivity contribution is 0.199. The van der Waals surface area contributed by atoms with Gasteiger partial charge in [0.15, 0.2) is 0 Å². The van der Waals surface area contributed by atoms with E-state index in [0.717, 1.165) is 16.8 Å². The molecule has 0 aliphatic rings. The van der Waals surface area contributed by atoms with Gasteiger partial charge in [0.1, 0.15) is 0 Å². The number of benzene rings is 2. The monoisotopic (exact) mass is 266 g/mol. The molecule has 20 heavy (non-hydrogen) atoms. The maximum Gasteiger partial charge on any atom is 0.0991 e. The normalized spacial score (nSPS) is 11.7. The zero-order valence-corrected chi connectivity index (χ0v) is 11.7. The Hall–Kier alpha value is -2.31. The van der Waals surface area contributed by atoms with E-state index in [-0.39, 0.29) is 0 Å². The number of nitrogens with zero attached hydrogens (tertiary/aromatic N) is 2. The standard InChI is InChI=1S/C17H18N2O/c1-13(20)16-8-3-4-9-17(16)19(2)12-15-7-5-6-14(10-15)11-18/h3-10,13,20H,12H2,1-2H3/t13-/m0/s1. The van der Waals surface area contributed by atoms with Crippen LogP contribution >= 0.6 is 0 Å². The fraction of sp³-hybridized carbons (Fsp3) is 0.235. The van der Waals surface area contributed by atoms with Crippen molar-refractivity contribution in [3.63, 3.8) is 0 Å². The molecular weight excluding hydrogens is 248 g/mol. The van der Waals surface area contributed by atoms with Crippen LogP contribution in [0.1, 0.15) is 29.7 Å². The second-order valence-electron chi connectivity index (χ2n) is 4.90. The molecule has 0 unspecified atom stereocenters. The van der Waals surface area contributed by atoms with Crippen LogP contribution in [-0.4, -0.2) is 12.2 Å². The van der Waals surface area contributed by atoms with Crippen molar-refractivity contribution >= 4 is 5.69 Å². The van der Waals surface area contributed by atoms with Crippen LogP contribution in [-0.2, 0) is 6.54 Å². The van der Waals surface area contributed by atoms with Crippen molar-refractivity contribution in [3.05, 3.63) is 65.2 Å². The Kier molecular flexibility index (Phi) is 4.39. The molecule has 0 aliphatic carbocycles. The van der Waals surface area contributed by atoms with Crippen molar-refractivity contribution in [2.45, 2.75) is 19.6 Å². The van der Waals surface area contributed by atoms with E-state index in [2.05, 4.69) is 11.0 Å². The predicted molar refractivity (Wildman–Crippen MR) is 80.3 cm³/mol. The van der Waals surface area contributed by atoms with Crippen molar-refractivity contribution < 1.29 is 5.11 Å². The highest BCUT2D eigenvalue weighted by Gasteiger charge is 2.11. The molecule has 2 aromatic carbocycles. The lowest BCUT2D eigenvalue weighted by atomic mass is 10.1. The number of aliphatic hydroxyl groups is 1. The summed E-state index contributed by atoms with van der Waals surface area (Å²) < 4.78 is 0. The number of aliphatic hydroxyl groups excluding tert-OH is 1. The van der Waals surface area contributed by atoms with Crippen LogP contribution < -0.4 is 4.90 Å². The lowest BCUT2D eigenvalue weighted by Gasteiger charge is -2.23. The van der Waals surface area contributed by atoms with Crippen LogP contribution in [0.15, 0.2) is 48.5 Å². The van der Waals surface area contributed by atoms with Crippen LogP contribution in [0, 0.1) is 11.3 Å².